The van der Waals surface area contributed by atoms with Crippen LogP contribution in [0.15, 0.2) is 0 Å². The molecule has 1 heterocycles. The molecule has 1 saturated carbocycles. The quantitative estimate of drug-likeness (QED) is 0.733. The Balaban J connectivity index is 1.78. The molecule has 0 spiro atoms. The molecule has 2 fully saturated rings. The van der Waals surface area contributed by atoms with Crippen LogP contribution < -0.4 is 10.0 Å². The fourth-order valence-electron chi connectivity index (χ4n) is 2.70. The van der Waals surface area contributed by atoms with Gasteiger partial charge in [-0.2, -0.15) is 17.4 Å². The predicted octanol–water partition coefficient (Wildman–Crippen LogP) is 0.941. The van der Waals surface area contributed by atoms with E-state index < -0.39 is 10.2 Å². The van der Waals surface area contributed by atoms with Crippen LogP contribution in [-0.4, -0.2) is 44.9 Å². The van der Waals surface area contributed by atoms with Crippen molar-refractivity contribution in [2.75, 3.05) is 26.2 Å². The summed E-state index contributed by atoms with van der Waals surface area (Å²) in [6.07, 6.45) is 4.25. The highest BCUT2D eigenvalue weighted by Crippen LogP contribution is 2.33. The Morgan fingerprint density at radius 1 is 1.21 bits per heavy atom. The average Bonchev–Trinajstić information content (AvgIpc) is 3.20. The average molecular weight is 289 g/mol. The van der Waals surface area contributed by atoms with Crippen molar-refractivity contribution in [3.63, 3.8) is 0 Å². The van der Waals surface area contributed by atoms with E-state index >= 15 is 0 Å². The summed E-state index contributed by atoms with van der Waals surface area (Å²) in [5.41, 5.74) is 0. The van der Waals surface area contributed by atoms with Crippen molar-refractivity contribution in [3.8, 4) is 0 Å². The number of nitrogens with zero attached hydrogens (tertiary/aromatic N) is 1. The highest BCUT2D eigenvalue weighted by molar-refractivity contribution is 7.87. The van der Waals surface area contributed by atoms with E-state index in [4.69, 9.17) is 0 Å². The second-order valence-corrected chi connectivity index (χ2v) is 7.60. The molecule has 2 N–H and O–H groups in total. The van der Waals surface area contributed by atoms with Gasteiger partial charge in [0.15, 0.2) is 0 Å². The van der Waals surface area contributed by atoms with E-state index in [9.17, 15) is 8.42 Å². The zero-order valence-corrected chi connectivity index (χ0v) is 12.9. The molecule has 0 aromatic carbocycles. The Morgan fingerprint density at radius 3 is 2.37 bits per heavy atom. The van der Waals surface area contributed by atoms with Gasteiger partial charge in [-0.15, -0.1) is 0 Å². The van der Waals surface area contributed by atoms with Gasteiger partial charge < -0.3 is 5.32 Å². The second-order valence-electron chi connectivity index (χ2n) is 5.90. The maximum Gasteiger partial charge on any atom is 0.279 e. The monoisotopic (exact) mass is 289 g/mol. The number of piperidine rings is 1. The van der Waals surface area contributed by atoms with Gasteiger partial charge in [-0.25, -0.2) is 0 Å². The third-order valence-corrected chi connectivity index (χ3v) is 5.97. The van der Waals surface area contributed by atoms with Crippen LogP contribution in [0.4, 0.5) is 0 Å². The maximum absolute atomic E-state index is 12.2. The molecule has 1 aliphatic heterocycles. The number of nitrogens with one attached hydrogen (secondary N) is 2. The summed E-state index contributed by atoms with van der Waals surface area (Å²) in [5.74, 6) is 1.17. The minimum absolute atomic E-state index is 0.0875. The van der Waals surface area contributed by atoms with Crippen LogP contribution in [0.1, 0.15) is 39.5 Å². The summed E-state index contributed by atoms with van der Waals surface area (Å²) in [4.78, 5) is 0. The topological polar surface area (TPSA) is 61.4 Å². The number of rotatable bonds is 7. The molecule has 6 heteroatoms. The van der Waals surface area contributed by atoms with E-state index in [0.29, 0.717) is 24.9 Å². The van der Waals surface area contributed by atoms with Gasteiger partial charge in [0.05, 0.1) is 0 Å². The Hall–Kier alpha value is -0.170. The first-order chi connectivity index (χ1) is 9.03. The SMILES string of the molecule is CCNCC1CCN(S(=O)(=O)NC(C)C2CC2)CC1. The Bertz CT molecular complexity index is 373. The molecule has 0 radical (unpaired) electrons. The highest BCUT2D eigenvalue weighted by Gasteiger charge is 2.34. The lowest BCUT2D eigenvalue weighted by atomic mass is 9.98. The zero-order chi connectivity index (χ0) is 13.9. The van der Waals surface area contributed by atoms with Crippen LogP contribution in [0, 0.1) is 11.8 Å². The molecule has 1 aliphatic carbocycles. The molecule has 19 heavy (non-hydrogen) atoms. The summed E-state index contributed by atoms with van der Waals surface area (Å²) >= 11 is 0. The first-order valence-electron chi connectivity index (χ1n) is 7.51. The molecule has 1 atom stereocenters. The fourth-order valence-corrected chi connectivity index (χ4v) is 4.21. The van der Waals surface area contributed by atoms with Crippen LogP contribution in [0.5, 0.6) is 0 Å². The van der Waals surface area contributed by atoms with Crippen LogP contribution in [0.2, 0.25) is 0 Å². The first-order valence-corrected chi connectivity index (χ1v) is 8.95. The number of hydrogen-bond donors (Lipinski definition) is 2. The lowest BCUT2D eigenvalue weighted by molar-refractivity contribution is 0.264. The molecule has 2 aliphatic rings. The summed E-state index contributed by atoms with van der Waals surface area (Å²) in [5, 5.41) is 3.34. The number of hydrogen-bond acceptors (Lipinski definition) is 3. The third kappa shape index (κ3) is 4.41. The summed E-state index contributed by atoms with van der Waals surface area (Å²) in [6.45, 7) is 7.39. The summed E-state index contributed by atoms with van der Waals surface area (Å²) < 4.78 is 28.9. The second kappa shape index (κ2) is 6.52. The van der Waals surface area contributed by atoms with Crippen molar-refractivity contribution in [1.29, 1.82) is 0 Å². The van der Waals surface area contributed by atoms with Gasteiger partial charge in [0, 0.05) is 19.1 Å². The molecule has 0 amide bonds. The smallest absolute Gasteiger partial charge is 0.279 e. The van der Waals surface area contributed by atoms with E-state index in [0.717, 1.165) is 38.8 Å². The fraction of sp³-hybridized carbons (Fsp3) is 1.00. The van der Waals surface area contributed by atoms with Gasteiger partial charge in [0.25, 0.3) is 10.2 Å². The molecule has 0 aromatic rings. The highest BCUT2D eigenvalue weighted by atomic mass is 32.2. The van der Waals surface area contributed by atoms with Gasteiger partial charge >= 0.3 is 0 Å². The van der Waals surface area contributed by atoms with Gasteiger partial charge in [0.1, 0.15) is 0 Å². The largest absolute Gasteiger partial charge is 0.317 e. The van der Waals surface area contributed by atoms with Gasteiger partial charge in [-0.3, -0.25) is 0 Å². The van der Waals surface area contributed by atoms with Gasteiger partial charge in [0.2, 0.25) is 0 Å². The van der Waals surface area contributed by atoms with E-state index in [1.807, 2.05) is 6.92 Å². The van der Waals surface area contributed by atoms with Crippen molar-refractivity contribution in [2.45, 2.75) is 45.6 Å². The molecule has 0 aromatic heterocycles. The van der Waals surface area contributed by atoms with E-state index in [2.05, 4.69) is 17.0 Å². The Labute approximate surface area is 117 Å². The van der Waals surface area contributed by atoms with Crippen molar-refractivity contribution >= 4 is 10.2 Å². The molecular weight excluding hydrogens is 262 g/mol. The maximum atomic E-state index is 12.2. The van der Waals surface area contributed by atoms with Crippen LogP contribution >= 0.6 is 0 Å². The molecule has 2 rings (SSSR count). The van der Waals surface area contributed by atoms with E-state index in [1.165, 1.54) is 0 Å². The third-order valence-electron chi connectivity index (χ3n) is 4.26. The normalized spacial score (nSPS) is 24.5. The molecule has 112 valence electrons. The minimum Gasteiger partial charge on any atom is -0.317 e. The lowest BCUT2D eigenvalue weighted by Gasteiger charge is -2.32. The predicted molar refractivity (Wildman–Crippen MR) is 77.1 cm³/mol. The van der Waals surface area contributed by atoms with Crippen molar-refractivity contribution in [1.82, 2.24) is 14.3 Å². The molecule has 0 bridgehead atoms. The molecular formula is C13H27N3O2S. The Kier molecular flexibility index (Phi) is 5.22. The zero-order valence-electron chi connectivity index (χ0n) is 12.1. The molecule has 5 nitrogen and oxygen atoms in total. The lowest BCUT2D eigenvalue weighted by Crippen LogP contribution is -2.48. The summed E-state index contributed by atoms with van der Waals surface area (Å²) in [6, 6.07) is 0.0875. The van der Waals surface area contributed by atoms with Gasteiger partial charge in [-0.05, 0) is 57.5 Å². The standard InChI is InChI=1S/C13H27N3O2S/c1-3-14-10-12-6-8-16(9-7-12)19(17,18)15-11(2)13-4-5-13/h11-15H,3-10H2,1-2H3. The summed E-state index contributed by atoms with van der Waals surface area (Å²) in [7, 11) is -3.27. The van der Waals surface area contributed by atoms with E-state index in [1.54, 1.807) is 4.31 Å². The molecule has 1 saturated heterocycles. The van der Waals surface area contributed by atoms with Crippen LogP contribution in [0.3, 0.4) is 0 Å². The molecule has 1 unspecified atom stereocenters. The van der Waals surface area contributed by atoms with Crippen molar-refractivity contribution < 1.29 is 8.42 Å². The van der Waals surface area contributed by atoms with E-state index in [-0.39, 0.29) is 6.04 Å². The van der Waals surface area contributed by atoms with Crippen molar-refractivity contribution in [2.24, 2.45) is 11.8 Å². The van der Waals surface area contributed by atoms with Crippen molar-refractivity contribution in [3.05, 3.63) is 0 Å². The Morgan fingerprint density at radius 2 is 1.84 bits per heavy atom. The van der Waals surface area contributed by atoms with Gasteiger partial charge in [-0.1, -0.05) is 6.92 Å². The first kappa shape index (κ1) is 15.2. The van der Waals surface area contributed by atoms with Crippen LogP contribution in [0.25, 0.3) is 0 Å². The minimum atomic E-state index is -3.27. The van der Waals surface area contributed by atoms with Crippen LogP contribution in [-0.2, 0) is 10.2 Å².